The number of carbonyl (C=O) groups excluding carboxylic acids is 1. The van der Waals surface area contributed by atoms with Gasteiger partial charge in [-0.1, -0.05) is 47.5 Å². The molecule has 76 heavy (non-hydrogen) atoms. The van der Waals surface area contributed by atoms with Crippen LogP contribution in [0.3, 0.4) is 0 Å². The van der Waals surface area contributed by atoms with Gasteiger partial charge >= 0.3 is 30.4 Å². The molecule has 10 heterocycles. The van der Waals surface area contributed by atoms with Gasteiger partial charge in [-0.05, 0) is 61.4 Å². The summed E-state index contributed by atoms with van der Waals surface area (Å²) in [6, 6.07) is 16.7. The number of nitrogens with two attached hydrogens (primary N) is 1. The molecule has 17 nitrogen and oxygen atoms in total. The van der Waals surface area contributed by atoms with E-state index in [0.29, 0.717) is 84.2 Å². The summed E-state index contributed by atoms with van der Waals surface area (Å²) in [6.45, 7) is 5.82. The highest BCUT2D eigenvalue weighted by Crippen LogP contribution is 2.45. The number of nitrogen functional groups attached to an aromatic ring is 1. The number of rotatable bonds is 7. The molecular weight excluding hydrogens is 1050 g/mol. The first-order valence-electron chi connectivity index (χ1n) is 24.6. The first-order chi connectivity index (χ1) is 36.5. The van der Waals surface area contributed by atoms with E-state index in [9.17, 15) is 31.1 Å². The Labute approximate surface area is 442 Å². The quantitative estimate of drug-likeness (QED) is 0.128. The number of nitrogens with one attached hydrogen (secondary N) is 2. The standard InChI is InChI=1S/C26H24ClF3N6O3.C16H13ClF3N3.C9H13N3O2/c27-19-13-20-23(34-22(19)15-2-1-3-16(12-15)26(28,29)30)36(17-5-9-35(20)14-17)25(37)33-21-4-8-31-24(32-21)39-18-6-10-38-11-7-18;17-12-7-13-15(21-11-4-5-23(13)8-11)22-14(12)9-2-1-3-10(6-9)16(18,19)20;10-8-1-4-11-9(12-8)14-7-2-5-13-6-3-7/h1-4,8,12-13,17-18H,5-7,9-11,14H2,(H,31,32,33,37);1-3,6-7,11H,4-5,8H2,(H,21,22);1,4,7H,2-3,5-6H2,(H2,10,11,12)/t17-;11-;/m00./s1. The minimum Gasteiger partial charge on any atom is -0.460 e. The normalized spacial score (nSPS) is 19.0. The Morgan fingerprint density at radius 2 is 1.22 bits per heavy atom. The van der Waals surface area contributed by atoms with Crippen molar-refractivity contribution >= 4 is 63.9 Å². The van der Waals surface area contributed by atoms with Crippen molar-refractivity contribution in [1.29, 1.82) is 0 Å². The molecule has 6 aliphatic heterocycles. The van der Waals surface area contributed by atoms with E-state index in [1.807, 2.05) is 0 Å². The second kappa shape index (κ2) is 22.3. The lowest BCUT2D eigenvalue weighted by atomic mass is 10.1. The monoisotopic (exact) mass is 1090 g/mol. The van der Waals surface area contributed by atoms with Gasteiger partial charge in [-0.2, -0.15) is 36.3 Å². The smallest absolute Gasteiger partial charge is 0.416 e. The second-order valence-corrected chi connectivity index (χ2v) is 19.4. The molecule has 0 saturated carbocycles. The number of nitrogens with zero attached hydrogens (tertiary/aromatic N) is 9. The topological polar surface area (TPSA) is 191 Å². The zero-order chi connectivity index (χ0) is 53.1. The highest BCUT2D eigenvalue weighted by molar-refractivity contribution is 6.34. The summed E-state index contributed by atoms with van der Waals surface area (Å²) in [4.78, 5) is 45.0. The van der Waals surface area contributed by atoms with Crippen LogP contribution >= 0.6 is 23.2 Å². The molecule has 4 aromatic heterocycles. The van der Waals surface area contributed by atoms with Gasteiger partial charge in [0.05, 0.1) is 76.4 Å². The SMILES string of the molecule is FC(F)(F)c1cccc(-c2nc3c(cc2Cl)N2CC[C@@H](C2)N3)c1.Nc1ccnc(OC2CCOCC2)n1.O=C(Nc1ccnc(OC2CCOCC2)n1)N1c2nc(-c3cccc(C(F)(F)F)c3)c(Cl)cc2N2CC[C@H]1C2. The van der Waals surface area contributed by atoms with Gasteiger partial charge in [0.25, 0.3) is 0 Å². The molecule has 12 rings (SSSR count). The van der Waals surface area contributed by atoms with Crippen molar-refractivity contribution in [3.8, 4) is 34.5 Å². The van der Waals surface area contributed by atoms with Crippen molar-refractivity contribution in [3.05, 3.63) is 106 Å². The summed E-state index contributed by atoms with van der Waals surface area (Å²) in [5, 5.41) is 6.70. The number of fused-ring (bicyclic) bond motifs is 8. The van der Waals surface area contributed by atoms with Crippen LogP contribution < -0.4 is 40.5 Å². The van der Waals surface area contributed by atoms with E-state index in [1.165, 1.54) is 29.3 Å². The van der Waals surface area contributed by atoms with Gasteiger partial charge in [0.15, 0.2) is 11.6 Å². The Morgan fingerprint density at radius 1 is 0.671 bits per heavy atom. The van der Waals surface area contributed by atoms with Crippen molar-refractivity contribution in [2.45, 2.75) is 75.2 Å². The van der Waals surface area contributed by atoms with Crippen molar-refractivity contribution in [3.63, 3.8) is 0 Å². The summed E-state index contributed by atoms with van der Waals surface area (Å²) in [6.07, 6.45) is -0.768. The average molecular weight is 1100 g/mol. The van der Waals surface area contributed by atoms with E-state index >= 15 is 0 Å². The van der Waals surface area contributed by atoms with E-state index < -0.39 is 29.5 Å². The minimum atomic E-state index is -4.52. The molecule has 4 bridgehead atoms. The number of alkyl halides is 6. The van der Waals surface area contributed by atoms with E-state index in [-0.39, 0.29) is 46.4 Å². The van der Waals surface area contributed by atoms with Crippen LogP contribution in [0.25, 0.3) is 22.5 Å². The number of aromatic nitrogens is 6. The third-order valence-corrected chi connectivity index (χ3v) is 14.0. The van der Waals surface area contributed by atoms with Crippen molar-refractivity contribution < 1.29 is 50.1 Å². The number of hydrogen-bond donors (Lipinski definition) is 3. The molecule has 2 aromatic carbocycles. The van der Waals surface area contributed by atoms with Crippen LogP contribution in [0, 0.1) is 0 Å². The maximum Gasteiger partial charge on any atom is 0.416 e. The van der Waals surface area contributed by atoms with E-state index in [4.69, 9.17) is 47.9 Å². The molecule has 25 heteroatoms. The van der Waals surface area contributed by atoms with Crippen molar-refractivity contribution in [1.82, 2.24) is 29.9 Å². The lowest BCUT2D eigenvalue weighted by molar-refractivity contribution is -0.138. The first kappa shape index (κ1) is 52.5. The molecule has 0 spiro atoms. The predicted octanol–water partition coefficient (Wildman–Crippen LogP) is 10.4. The van der Waals surface area contributed by atoms with Crippen LogP contribution in [-0.2, 0) is 21.8 Å². The maximum atomic E-state index is 13.6. The van der Waals surface area contributed by atoms with Gasteiger partial charge in [-0.3, -0.25) is 10.2 Å². The predicted molar refractivity (Wildman–Crippen MR) is 273 cm³/mol. The number of hydrogen-bond acceptors (Lipinski definition) is 15. The molecule has 0 aliphatic carbocycles. The van der Waals surface area contributed by atoms with Crippen LogP contribution in [0.1, 0.15) is 49.7 Å². The first-order valence-corrected chi connectivity index (χ1v) is 25.3. The fourth-order valence-electron chi connectivity index (χ4n) is 9.63. The number of benzene rings is 2. The molecule has 2 amide bonds. The molecule has 4 N–H and O–H groups in total. The molecule has 6 aliphatic rings. The van der Waals surface area contributed by atoms with Crippen molar-refractivity contribution in [2.24, 2.45) is 0 Å². The van der Waals surface area contributed by atoms with Crippen LogP contribution in [0.4, 0.5) is 65.8 Å². The van der Waals surface area contributed by atoms with E-state index in [1.54, 1.807) is 36.5 Å². The molecule has 0 radical (unpaired) electrons. The Hall–Kier alpha value is -6.95. The van der Waals surface area contributed by atoms with Crippen molar-refractivity contribution in [2.75, 3.05) is 83.7 Å². The number of carbonyl (C=O) groups is 1. The van der Waals surface area contributed by atoms with E-state index in [0.717, 1.165) is 88.4 Å². The van der Waals surface area contributed by atoms with E-state index in [2.05, 4.69) is 50.3 Å². The van der Waals surface area contributed by atoms with Gasteiger partial charge < -0.3 is 39.8 Å². The van der Waals surface area contributed by atoms with Gasteiger partial charge in [0, 0.05) is 81.4 Å². The zero-order valence-electron chi connectivity index (χ0n) is 40.5. The Kier molecular flexibility index (Phi) is 15.4. The van der Waals surface area contributed by atoms with Gasteiger partial charge in [-0.15, -0.1) is 0 Å². The second-order valence-electron chi connectivity index (χ2n) is 18.6. The molecule has 6 aromatic rings. The Balaban J connectivity index is 0.000000148. The molecular formula is C51H50Cl2F6N12O5. The number of anilines is 6. The van der Waals surface area contributed by atoms with Gasteiger partial charge in [-0.25, -0.2) is 24.7 Å². The highest BCUT2D eigenvalue weighted by atomic mass is 35.5. The van der Waals surface area contributed by atoms with Crippen LogP contribution in [-0.4, -0.2) is 113 Å². The maximum absolute atomic E-state index is 13.6. The third kappa shape index (κ3) is 12.2. The number of ether oxygens (including phenoxy) is 4. The third-order valence-electron chi connectivity index (χ3n) is 13.4. The summed E-state index contributed by atoms with van der Waals surface area (Å²) < 4.78 is 101. The lowest BCUT2D eigenvalue weighted by Crippen LogP contribution is -2.48. The molecule has 0 unspecified atom stereocenters. The molecule has 4 saturated heterocycles. The highest BCUT2D eigenvalue weighted by Gasteiger charge is 2.42. The van der Waals surface area contributed by atoms with Gasteiger partial charge in [0.2, 0.25) is 0 Å². The molecule has 400 valence electrons. The van der Waals surface area contributed by atoms with Crippen LogP contribution in [0.15, 0.2) is 85.2 Å². The number of amides is 2. The summed E-state index contributed by atoms with van der Waals surface area (Å²) in [5.74, 6) is 1.70. The summed E-state index contributed by atoms with van der Waals surface area (Å²) >= 11 is 12.8. The van der Waals surface area contributed by atoms with Gasteiger partial charge in [0.1, 0.15) is 23.8 Å². The largest absolute Gasteiger partial charge is 0.460 e. The Morgan fingerprint density at radius 3 is 1.83 bits per heavy atom. The molecule has 2 atom stereocenters. The fourth-order valence-corrected chi connectivity index (χ4v) is 10.1. The van der Waals surface area contributed by atoms with Crippen LogP contribution in [0.5, 0.6) is 12.0 Å². The lowest BCUT2D eigenvalue weighted by Gasteiger charge is -2.36. The average Bonchev–Trinajstić information content (AvgIpc) is 4.03. The Bertz CT molecular complexity index is 3060. The number of pyridine rings is 2. The molecule has 4 fully saturated rings. The minimum absolute atomic E-state index is 0.0636. The summed E-state index contributed by atoms with van der Waals surface area (Å²) in [5.41, 5.74) is 6.65. The summed E-state index contributed by atoms with van der Waals surface area (Å²) in [7, 11) is 0. The number of halogens is 8. The zero-order valence-corrected chi connectivity index (χ0v) is 42.0. The van der Waals surface area contributed by atoms with Crippen LogP contribution in [0.2, 0.25) is 10.0 Å². The number of urea groups is 1. The fraction of sp³-hybridized carbons (Fsp3) is 0.392.